The molecule has 5 nitrogen and oxygen atoms in total. The SMILES string of the molecule is CNCCC(O)C(O)c1cc(OC)c(N)cc1F. The fourth-order valence-corrected chi connectivity index (χ4v) is 1.65. The van der Waals surface area contributed by atoms with Crippen molar-refractivity contribution in [2.45, 2.75) is 18.6 Å². The first-order valence-electron chi connectivity index (χ1n) is 5.64. The molecule has 0 aromatic heterocycles. The Labute approximate surface area is 105 Å². The molecular formula is C12H19FN2O3. The number of benzene rings is 1. The molecule has 1 rings (SSSR count). The topological polar surface area (TPSA) is 87.7 Å². The van der Waals surface area contributed by atoms with Crippen molar-refractivity contribution in [2.24, 2.45) is 0 Å². The van der Waals surface area contributed by atoms with Crippen LogP contribution in [0.4, 0.5) is 10.1 Å². The molecule has 0 amide bonds. The van der Waals surface area contributed by atoms with E-state index in [9.17, 15) is 14.6 Å². The Kier molecular flexibility index (Phi) is 5.33. The van der Waals surface area contributed by atoms with Gasteiger partial charge in [0.1, 0.15) is 17.7 Å². The molecule has 18 heavy (non-hydrogen) atoms. The van der Waals surface area contributed by atoms with Gasteiger partial charge in [0.05, 0.1) is 18.9 Å². The first-order chi connectivity index (χ1) is 8.51. The molecule has 0 aliphatic rings. The molecule has 0 saturated heterocycles. The van der Waals surface area contributed by atoms with Crippen LogP contribution in [0.25, 0.3) is 0 Å². The molecule has 0 spiro atoms. The van der Waals surface area contributed by atoms with Crippen LogP contribution in [0.15, 0.2) is 12.1 Å². The van der Waals surface area contributed by atoms with Gasteiger partial charge in [0.2, 0.25) is 0 Å². The van der Waals surface area contributed by atoms with Gasteiger partial charge in [0.25, 0.3) is 0 Å². The highest BCUT2D eigenvalue weighted by Gasteiger charge is 2.22. The lowest BCUT2D eigenvalue weighted by Gasteiger charge is -2.19. The number of nitrogen functional groups attached to an aromatic ring is 1. The maximum Gasteiger partial charge on any atom is 0.142 e. The summed E-state index contributed by atoms with van der Waals surface area (Å²) in [7, 11) is 3.13. The quantitative estimate of drug-likeness (QED) is 0.555. The summed E-state index contributed by atoms with van der Waals surface area (Å²) in [5, 5.41) is 22.5. The Balaban J connectivity index is 2.94. The smallest absolute Gasteiger partial charge is 0.142 e. The Morgan fingerprint density at radius 3 is 2.67 bits per heavy atom. The predicted octanol–water partition coefficient (Wildman–Crippen LogP) is 0.420. The normalized spacial score (nSPS) is 14.3. The van der Waals surface area contributed by atoms with Crippen LogP contribution in [0.5, 0.6) is 5.75 Å². The van der Waals surface area contributed by atoms with Gasteiger partial charge < -0.3 is 26.0 Å². The Morgan fingerprint density at radius 2 is 2.11 bits per heavy atom. The van der Waals surface area contributed by atoms with E-state index in [1.54, 1.807) is 7.05 Å². The van der Waals surface area contributed by atoms with E-state index in [-0.39, 0.29) is 17.0 Å². The van der Waals surface area contributed by atoms with Crippen LogP contribution in [0.1, 0.15) is 18.1 Å². The van der Waals surface area contributed by atoms with Crippen molar-refractivity contribution < 1.29 is 19.3 Å². The summed E-state index contributed by atoms with van der Waals surface area (Å²) in [4.78, 5) is 0. The number of anilines is 1. The van der Waals surface area contributed by atoms with Crippen molar-refractivity contribution in [1.82, 2.24) is 5.32 Å². The number of aliphatic hydroxyl groups excluding tert-OH is 2. The number of nitrogens with one attached hydrogen (secondary N) is 1. The summed E-state index contributed by atoms with van der Waals surface area (Å²) >= 11 is 0. The summed E-state index contributed by atoms with van der Waals surface area (Å²) in [6.07, 6.45) is -2.06. The highest BCUT2D eigenvalue weighted by Crippen LogP contribution is 2.30. The van der Waals surface area contributed by atoms with E-state index >= 15 is 0 Å². The predicted molar refractivity (Wildman–Crippen MR) is 66.9 cm³/mol. The summed E-state index contributed by atoms with van der Waals surface area (Å²) in [6.45, 7) is 0.520. The number of hydrogen-bond acceptors (Lipinski definition) is 5. The van der Waals surface area contributed by atoms with Gasteiger partial charge in [-0.05, 0) is 26.1 Å². The second-order valence-electron chi connectivity index (χ2n) is 4.02. The average Bonchev–Trinajstić information content (AvgIpc) is 2.35. The zero-order chi connectivity index (χ0) is 13.7. The highest BCUT2D eigenvalue weighted by molar-refractivity contribution is 5.54. The van der Waals surface area contributed by atoms with E-state index in [0.717, 1.165) is 6.07 Å². The molecule has 0 bridgehead atoms. The average molecular weight is 258 g/mol. The van der Waals surface area contributed by atoms with Crippen LogP contribution in [-0.2, 0) is 0 Å². The van der Waals surface area contributed by atoms with E-state index in [1.807, 2.05) is 0 Å². The monoisotopic (exact) mass is 258 g/mol. The molecule has 0 saturated carbocycles. The third-order valence-corrected chi connectivity index (χ3v) is 2.72. The molecule has 2 unspecified atom stereocenters. The minimum atomic E-state index is -1.31. The van der Waals surface area contributed by atoms with E-state index < -0.39 is 18.0 Å². The molecule has 1 aromatic carbocycles. The minimum absolute atomic E-state index is 0.0235. The van der Waals surface area contributed by atoms with Gasteiger partial charge >= 0.3 is 0 Å². The molecular weight excluding hydrogens is 239 g/mol. The zero-order valence-corrected chi connectivity index (χ0v) is 10.5. The van der Waals surface area contributed by atoms with Gasteiger partial charge in [0, 0.05) is 11.6 Å². The first-order valence-corrected chi connectivity index (χ1v) is 5.64. The van der Waals surface area contributed by atoms with Crippen molar-refractivity contribution in [3.8, 4) is 5.75 Å². The van der Waals surface area contributed by atoms with Gasteiger partial charge in [-0.2, -0.15) is 0 Å². The van der Waals surface area contributed by atoms with E-state index in [0.29, 0.717) is 13.0 Å². The van der Waals surface area contributed by atoms with Crippen molar-refractivity contribution in [1.29, 1.82) is 0 Å². The van der Waals surface area contributed by atoms with Crippen LogP contribution in [-0.4, -0.2) is 37.0 Å². The van der Waals surface area contributed by atoms with Gasteiger partial charge in [-0.15, -0.1) is 0 Å². The van der Waals surface area contributed by atoms with Crippen molar-refractivity contribution >= 4 is 5.69 Å². The number of ether oxygens (including phenoxy) is 1. The number of halogens is 1. The number of aliphatic hydroxyl groups is 2. The maximum absolute atomic E-state index is 13.7. The molecule has 102 valence electrons. The zero-order valence-electron chi connectivity index (χ0n) is 10.5. The Bertz CT molecular complexity index is 401. The summed E-state index contributed by atoms with van der Waals surface area (Å²) in [5.74, 6) is -0.393. The molecule has 0 aliphatic carbocycles. The van der Waals surface area contributed by atoms with Crippen LogP contribution in [0.2, 0.25) is 0 Å². The lowest BCUT2D eigenvalue weighted by atomic mass is 10.0. The number of hydrogen-bond donors (Lipinski definition) is 4. The summed E-state index contributed by atoms with van der Waals surface area (Å²) < 4.78 is 18.6. The number of nitrogens with two attached hydrogens (primary N) is 1. The Hall–Kier alpha value is -1.37. The molecule has 6 heteroatoms. The summed E-state index contributed by atoms with van der Waals surface area (Å²) in [5.41, 5.74) is 5.66. The van der Waals surface area contributed by atoms with E-state index in [4.69, 9.17) is 10.5 Å². The fraction of sp³-hybridized carbons (Fsp3) is 0.500. The van der Waals surface area contributed by atoms with Crippen LogP contribution in [0, 0.1) is 5.82 Å². The molecule has 0 fully saturated rings. The highest BCUT2D eigenvalue weighted by atomic mass is 19.1. The molecule has 0 heterocycles. The third kappa shape index (κ3) is 3.32. The molecule has 2 atom stereocenters. The number of methoxy groups -OCH3 is 1. The standard InChI is InChI=1S/C12H19FN2O3/c1-15-4-3-10(16)12(17)7-5-11(18-2)9(14)6-8(7)13/h5-6,10,12,15-17H,3-4,14H2,1-2H3. The molecule has 0 radical (unpaired) electrons. The molecule has 1 aromatic rings. The first kappa shape index (κ1) is 14.7. The van der Waals surface area contributed by atoms with Gasteiger partial charge in [0.15, 0.2) is 0 Å². The fourth-order valence-electron chi connectivity index (χ4n) is 1.65. The molecule has 0 aliphatic heterocycles. The summed E-state index contributed by atoms with van der Waals surface area (Å²) in [6, 6.07) is 2.38. The lowest BCUT2D eigenvalue weighted by Crippen LogP contribution is -2.24. The van der Waals surface area contributed by atoms with Crippen molar-refractivity contribution in [3.63, 3.8) is 0 Å². The maximum atomic E-state index is 13.7. The van der Waals surface area contributed by atoms with Gasteiger partial charge in [-0.3, -0.25) is 0 Å². The van der Waals surface area contributed by atoms with E-state index in [2.05, 4.69) is 5.32 Å². The van der Waals surface area contributed by atoms with Crippen LogP contribution in [0.3, 0.4) is 0 Å². The second kappa shape index (κ2) is 6.53. The van der Waals surface area contributed by atoms with Crippen molar-refractivity contribution in [2.75, 3.05) is 26.4 Å². The van der Waals surface area contributed by atoms with Crippen molar-refractivity contribution in [3.05, 3.63) is 23.5 Å². The Morgan fingerprint density at radius 1 is 1.44 bits per heavy atom. The third-order valence-electron chi connectivity index (χ3n) is 2.72. The number of rotatable bonds is 6. The second-order valence-corrected chi connectivity index (χ2v) is 4.02. The van der Waals surface area contributed by atoms with Crippen LogP contribution < -0.4 is 15.8 Å². The van der Waals surface area contributed by atoms with Gasteiger partial charge in [-0.25, -0.2) is 4.39 Å². The minimum Gasteiger partial charge on any atom is -0.495 e. The van der Waals surface area contributed by atoms with Crippen LogP contribution >= 0.6 is 0 Å². The lowest BCUT2D eigenvalue weighted by molar-refractivity contribution is 0.0119. The largest absolute Gasteiger partial charge is 0.495 e. The van der Waals surface area contributed by atoms with Gasteiger partial charge in [-0.1, -0.05) is 0 Å². The van der Waals surface area contributed by atoms with E-state index in [1.165, 1.54) is 13.2 Å². The molecule has 5 N–H and O–H groups in total.